The predicted octanol–water partition coefficient (Wildman–Crippen LogP) is 2.17. The summed E-state index contributed by atoms with van der Waals surface area (Å²) in [6.07, 6.45) is 6.08. The van der Waals surface area contributed by atoms with Gasteiger partial charge in [0, 0.05) is 23.5 Å². The van der Waals surface area contributed by atoms with Crippen molar-refractivity contribution in [1.82, 2.24) is 9.55 Å². The molecule has 0 atom stereocenters. The molecule has 0 fully saturated rings. The van der Waals surface area contributed by atoms with Crippen LogP contribution in [0.4, 0.5) is 0 Å². The zero-order valence-corrected chi connectivity index (χ0v) is 9.68. The summed E-state index contributed by atoms with van der Waals surface area (Å²) < 4.78 is 2.94. The summed E-state index contributed by atoms with van der Waals surface area (Å²) in [6.45, 7) is 0.177. The molecule has 0 aliphatic carbocycles. The predicted molar refractivity (Wildman–Crippen MR) is 62.1 cm³/mol. The van der Waals surface area contributed by atoms with Crippen LogP contribution in [0, 0.1) is 0 Å². The van der Waals surface area contributed by atoms with Crippen LogP contribution in [-0.2, 0) is 6.42 Å². The van der Waals surface area contributed by atoms with E-state index in [-0.39, 0.29) is 6.61 Å². The summed E-state index contributed by atoms with van der Waals surface area (Å²) in [5.74, 6) is 0. The van der Waals surface area contributed by atoms with Gasteiger partial charge in [-0.05, 0) is 40.0 Å². The Hall–Kier alpha value is -1.13. The number of hydrogen-bond acceptors (Lipinski definition) is 2. The lowest BCUT2D eigenvalue weighted by Gasteiger charge is -2.07. The minimum atomic E-state index is 0.177. The second-order valence-electron chi connectivity index (χ2n) is 3.23. The fourth-order valence-electron chi connectivity index (χ4n) is 1.45. The number of benzene rings is 1. The van der Waals surface area contributed by atoms with Crippen LogP contribution in [0.25, 0.3) is 5.69 Å². The maximum Gasteiger partial charge on any atom is 0.0992 e. The molecule has 15 heavy (non-hydrogen) atoms. The first-order valence-corrected chi connectivity index (χ1v) is 5.48. The number of hydrogen-bond donors (Lipinski definition) is 1. The summed E-state index contributed by atoms with van der Waals surface area (Å²) in [5, 5.41) is 8.83. The molecule has 0 bridgehead atoms. The third-order valence-corrected chi connectivity index (χ3v) is 2.83. The highest BCUT2D eigenvalue weighted by molar-refractivity contribution is 9.10. The fraction of sp³-hybridized carbons (Fsp3) is 0.182. The van der Waals surface area contributed by atoms with Crippen LogP contribution in [0.3, 0.4) is 0 Å². The van der Waals surface area contributed by atoms with Crippen LogP contribution >= 0.6 is 15.9 Å². The molecule has 2 rings (SSSR count). The maximum atomic E-state index is 8.83. The van der Waals surface area contributed by atoms with Crippen molar-refractivity contribution in [2.24, 2.45) is 0 Å². The van der Waals surface area contributed by atoms with Gasteiger partial charge in [0.1, 0.15) is 0 Å². The van der Waals surface area contributed by atoms with Gasteiger partial charge in [-0.15, -0.1) is 0 Å². The van der Waals surface area contributed by atoms with E-state index in [4.69, 9.17) is 5.11 Å². The molecule has 2 aromatic rings. The van der Waals surface area contributed by atoms with E-state index in [0.717, 1.165) is 15.7 Å². The van der Waals surface area contributed by atoms with Crippen LogP contribution in [0.5, 0.6) is 0 Å². The Balaban J connectivity index is 2.35. The molecule has 1 N–H and O–H groups in total. The zero-order chi connectivity index (χ0) is 10.7. The second kappa shape index (κ2) is 4.59. The van der Waals surface area contributed by atoms with Gasteiger partial charge >= 0.3 is 0 Å². The molecule has 3 nitrogen and oxygen atoms in total. The number of imidazole rings is 1. The summed E-state index contributed by atoms with van der Waals surface area (Å²) in [4.78, 5) is 4.00. The Labute approximate surface area is 96.5 Å². The first-order chi connectivity index (χ1) is 7.31. The third-order valence-electron chi connectivity index (χ3n) is 2.20. The van der Waals surface area contributed by atoms with Gasteiger partial charge in [-0.3, -0.25) is 0 Å². The van der Waals surface area contributed by atoms with E-state index < -0.39 is 0 Å². The van der Waals surface area contributed by atoms with Crippen molar-refractivity contribution in [3.8, 4) is 5.69 Å². The van der Waals surface area contributed by atoms with Gasteiger partial charge in [0.05, 0.1) is 12.0 Å². The number of halogens is 1. The SMILES string of the molecule is OCCc1ccc(-n2ccnc2)c(Br)c1. The van der Waals surface area contributed by atoms with Crippen LogP contribution in [0.15, 0.2) is 41.4 Å². The largest absolute Gasteiger partial charge is 0.396 e. The lowest BCUT2D eigenvalue weighted by Crippen LogP contribution is -1.95. The van der Waals surface area contributed by atoms with Gasteiger partial charge in [0.25, 0.3) is 0 Å². The molecule has 0 aliphatic rings. The van der Waals surface area contributed by atoms with Crippen LogP contribution in [0.1, 0.15) is 5.56 Å². The minimum Gasteiger partial charge on any atom is -0.396 e. The van der Waals surface area contributed by atoms with Crippen molar-refractivity contribution in [3.63, 3.8) is 0 Å². The Morgan fingerprint density at radius 2 is 2.27 bits per heavy atom. The van der Waals surface area contributed by atoms with Crippen molar-refractivity contribution in [1.29, 1.82) is 0 Å². The van der Waals surface area contributed by atoms with Crippen LogP contribution < -0.4 is 0 Å². The number of aromatic nitrogens is 2. The van der Waals surface area contributed by atoms with Gasteiger partial charge in [0.15, 0.2) is 0 Å². The lowest BCUT2D eigenvalue weighted by molar-refractivity contribution is 0.299. The van der Waals surface area contributed by atoms with Gasteiger partial charge in [-0.1, -0.05) is 6.07 Å². The Morgan fingerprint density at radius 1 is 1.40 bits per heavy atom. The molecule has 4 heteroatoms. The highest BCUT2D eigenvalue weighted by Gasteiger charge is 2.02. The molecule has 0 radical (unpaired) electrons. The fourth-order valence-corrected chi connectivity index (χ4v) is 2.08. The minimum absolute atomic E-state index is 0.177. The number of aliphatic hydroxyl groups is 1. The summed E-state index contributed by atoms with van der Waals surface area (Å²) in [5.41, 5.74) is 2.17. The van der Waals surface area contributed by atoms with E-state index >= 15 is 0 Å². The topological polar surface area (TPSA) is 38.0 Å². The summed E-state index contributed by atoms with van der Waals surface area (Å²) in [7, 11) is 0. The van der Waals surface area contributed by atoms with E-state index in [0.29, 0.717) is 6.42 Å². The first-order valence-electron chi connectivity index (χ1n) is 4.69. The van der Waals surface area contributed by atoms with Gasteiger partial charge < -0.3 is 9.67 Å². The summed E-state index contributed by atoms with van der Waals surface area (Å²) >= 11 is 3.51. The second-order valence-corrected chi connectivity index (χ2v) is 4.08. The lowest BCUT2D eigenvalue weighted by atomic mass is 10.1. The standard InChI is InChI=1S/C11H11BrN2O/c12-10-7-9(3-6-15)1-2-11(10)14-5-4-13-8-14/h1-2,4-5,7-8,15H,3,6H2. The molecule has 0 saturated heterocycles. The van der Waals surface area contributed by atoms with E-state index in [1.165, 1.54) is 0 Å². The molecule has 0 amide bonds. The van der Waals surface area contributed by atoms with Crippen molar-refractivity contribution < 1.29 is 5.11 Å². The normalized spacial score (nSPS) is 10.5. The first kappa shape index (κ1) is 10.4. The van der Waals surface area contributed by atoms with Crippen molar-refractivity contribution in [2.45, 2.75) is 6.42 Å². The van der Waals surface area contributed by atoms with Crippen LogP contribution in [0.2, 0.25) is 0 Å². The molecule has 0 saturated carbocycles. The molecule has 0 spiro atoms. The van der Waals surface area contributed by atoms with Crippen molar-refractivity contribution in [3.05, 3.63) is 47.0 Å². The third kappa shape index (κ3) is 2.27. The molecule has 0 aliphatic heterocycles. The quantitative estimate of drug-likeness (QED) is 0.925. The average Bonchev–Trinajstić information content (AvgIpc) is 2.71. The van der Waals surface area contributed by atoms with E-state index in [9.17, 15) is 0 Å². The molecule has 1 heterocycles. The maximum absolute atomic E-state index is 8.83. The number of nitrogens with zero attached hydrogens (tertiary/aromatic N) is 2. The van der Waals surface area contributed by atoms with Crippen molar-refractivity contribution in [2.75, 3.05) is 6.61 Å². The zero-order valence-electron chi connectivity index (χ0n) is 8.10. The monoisotopic (exact) mass is 266 g/mol. The molecular formula is C11H11BrN2O. The molecule has 78 valence electrons. The number of aliphatic hydroxyl groups excluding tert-OH is 1. The van der Waals surface area contributed by atoms with E-state index in [1.54, 1.807) is 12.5 Å². The molecule has 0 unspecified atom stereocenters. The molecule has 1 aromatic heterocycles. The highest BCUT2D eigenvalue weighted by Crippen LogP contribution is 2.22. The van der Waals surface area contributed by atoms with Gasteiger partial charge in [-0.25, -0.2) is 4.98 Å². The van der Waals surface area contributed by atoms with Gasteiger partial charge in [-0.2, -0.15) is 0 Å². The van der Waals surface area contributed by atoms with Gasteiger partial charge in [0.2, 0.25) is 0 Å². The average molecular weight is 267 g/mol. The van der Waals surface area contributed by atoms with Crippen molar-refractivity contribution >= 4 is 15.9 Å². The Morgan fingerprint density at radius 3 is 2.87 bits per heavy atom. The number of rotatable bonds is 3. The Kier molecular flexibility index (Phi) is 3.18. The Bertz CT molecular complexity index is 440. The molecular weight excluding hydrogens is 256 g/mol. The van der Waals surface area contributed by atoms with E-state index in [1.807, 2.05) is 29.0 Å². The highest BCUT2D eigenvalue weighted by atomic mass is 79.9. The summed E-state index contributed by atoms with van der Waals surface area (Å²) in [6, 6.07) is 6.04. The smallest absolute Gasteiger partial charge is 0.0992 e. The molecule has 1 aromatic carbocycles. The van der Waals surface area contributed by atoms with Crippen LogP contribution in [-0.4, -0.2) is 21.3 Å². The van der Waals surface area contributed by atoms with E-state index in [2.05, 4.69) is 20.9 Å².